The number of aromatic nitrogens is 1. The SMILES string of the molecule is CN(CCF)Cc1cc2c3c4c(c(=O)[nH]c3c1)CCCN4O2. The maximum absolute atomic E-state index is 12.4. The molecule has 1 aromatic carbocycles. The number of H-pyrrole nitrogens is 1. The lowest BCUT2D eigenvalue weighted by Crippen LogP contribution is -2.32. The van der Waals surface area contributed by atoms with E-state index in [0.717, 1.165) is 52.9 Å². The number of anilines is 1. The maximum atomic E-state index is 12.4. The van der Waals surface area contributed by atoms with E-state index in [0.29, 0.717) is 13.1 Å². The van der Waals surface area contributed by atoms with Crippen LogP contribution in [-0.2, 0) is 13.0 Å². The van der Waals surface area contributed by atoms with Crippen molar-refractivity contribution in [3.05, 3.63) is 33.6 Å². The van der Waals surface area contributed by atoms with E-state index in [2.05, 4.69) is 4.98 Å². The Morgan fingerprint density at radius 3 is 3.14 bits per heavy atom. The van der Waals surface area contributed by atoms with Crippen LogP contribution in [-0.4, -0.2) is 36.7 Å². The third-order valence-electron chi connectivity index (χ3n) is 4.37. The highest BCUT2D eigenvalue weighted by Gasteiger charge is 2.31. The molecule has 3 heterocycles. The molecule has 0 unspecified atom stereocenters. The number of hydroxylamine groups is 1. The van der Waals surface area contributed by atoms with E-state index in [9.17, 15) is 9.18 Å². The van der Waals surface area contributed by atoms with Gasteiger partial charge in [0, 0.05) is 18.7 Å². The van der Waals surface area contributed by atoms with Gasteiger partial charge >= 0.3 is 0 Å². The number of hydrogen-bond donors (Lipinski definition) is 1. The zero-order chi connectivity index (χ0) is 15.3. The van der Waals surface area contributed by atoms with Crippen molar-refractivity contribution in [3.8, 4) is 5.75 Å². The standard InChI is InChI=1S/C16H18FN3O2/c1-19(6-4-17)9-10-7-12-14-13(8-10)22-20-5-2-3-11(15(14)20)16(21)18-12/h7-8H,2-6,9H2,1H3,(H,18,21). The molecule has 116 valence electrons. The van der Waals surface area contributed by atoms with Gasteiger partial charge in [0.15, 0.2) is 5.75 Å². The Bertz CT molecular complexity index is 802. The average molecular weight is 303 g/mol. The van der Waals surface area contributed by atoms with Crippen LogP contribution >= 0.6 is 0 Å². The molecule has 0 saturated heterocycles. The molecule has 2 aromatic rings. The van der Waals surface area contributed by atoms with Gasteiger partial charge in [-0.2, -0.15) is 0 Å². The number of aromatic amines is 1. The van der Waals surface area contributed by atoms with E-state index in [1.165, 1.54) is 0 Å². The molecule has 0 amide bonds. The van der Waals surface area contributed by atoms with Gasteiger partial charge in [0.05, 0.1) is 23.1 Å². The van der Waals surface area contributed by atoms with Crippen LogP contribution in [0.2, 0.25) is 0 Å². The third kappa shape index (κ3) is 1.98. The molecule has 2 aliphatic rings. The molecule has 22 heavy (non-hydrogen) atoms. The van der Waals surface area contributed by atoms with E-state index in [1.54, 1.807) is 0 Å². The van der Waals surface area contributed by atoms with Gasteiger partial charge in [-0.25, -0.2) is 9.45 Å². The number of rotatable bonds is 4. The van der Waals surface area contributed by atoms with Crippen LogP contribution in [0.1, 0.15) is 17.5 Å². The molecule has 0 radical (unpaired) electrons. The van der Waals surface area contributed by atoms with Crippen molar-refractivity contribution in [1.29, 1.82) is 0 Å². The molecular weight excluding hydrogens is 285 g/mol. The van der Waals surface area contributed by atoms with Crippen molar-refractivity contribution in [2.24, 2.45) is 0 Å². The largest absolute Gasteiger partial charge is 0.379 e. The van der Waals surface area contributed by atoms with Gasteiger partial charge in [-0.15, -0.1) is 0 Å². The molecule has 0 atom stereocenters. The van der Waals surface area contributed by atoms with Gasteiger partial charge in [0.2, 0.25) is 0 Å². The first-order valence-corrected chi connectivity index (χ1v) is 7.59. The molecule has 0 aliphatic carbocycles. The summed E-state index contributed by atoms with van der Waals surface area (Å²) in [5, 5.41) is 2.83. The Labute approximate surface area is 127 Å². The zero-order valence-corrected chi connectivity index (χ0v) is 12.5. The summed E-state index contributed by atoms with van der Waals surface area (Å²) >= 11 is 0. The van der Waals surface area contributed by atoms with E-state index in [4.69, 9.17) is 4.84 Å². The lowest BCUT2D eigenvalue weighted by molar-refractivity contribution is 0.281. The van der Waals surface area contributed by atoms with Crippen LogP contribution in [0.4, 0.5) is 10.1 Å². The second kappa shape index (κ2) is 4.98. The van der Waals surface area contributed by atoms with E-state index < -0.39 is 0 Å². The Morgan fingerprint density at radius 1 is 1.45 bits per heavy atom. The molecule has 1 aromatic heterocycles. The fourth-order valence-corrected chi connectivity index (χ4v) is 3.40. The summed E-state index contributed by atoms with van der Waals surface area (Å²) in [7, 11) is 1.88. The van der Waals surface area contributed by atoms with Crippen LogP contribution in [0.5, 0.6) is 5.75 Å². The molecular formula is C16H18FN3O2. The lowest BCUT2D eigenvalue weighted by Gasteiger charge is -2.24. The second-order valence-electron chi connectivity index (χ2n) is 6.02. The van der Waals surface area contributed by atoms with Gasteiger partial charge in [0.1, 0.15) is 6.67 Å². The smallest absolute Gasteiger partial charge is 0.253 e. The topological polar surface area (TPSA) is 48.6 Å². The first-order valence-electron chi connectivity index (χ1n) is 7.59. The number of hydrogen-bond acceptors (Lipinski definition) is 4. The van der Waals surface area contributed by atoms with Crippen LogP contribution in [0, 0.1) is 0 Å². The highest BCUT2D eigenvalue weighted by molar-refractivity contribution is 6.00. The van der Waals surface area contributed by atoms with E-state index >= 15 is 0 Å². The fourth-order valence-electron chi connectivity index (χ4n) is 3.40. The first kappa shape index (κ1) is 13.6. The fraction of sp³-hybridized carbons (Fsp3) is 0.438. The lowest BCUT2D eigenvalue weighted by atomic mass is 10.0. The molecule has 0 bridgehead atoms. The molecule has 0 fully saturated rings. The van der Waals surface area contributed by atoms with Crippen molar-refractivity contribution in [2.75, 3.05) is 31.9 Å². The minimum absolute atomic E-state index is 0.0297. The summed E-state index contributed by atoms with van der Waals surface area (Å²) < 4.78 is 12.4. The molecule has 1 N–H and O–H groups in total. The van der Waals surface area contributed by atoms with Crippen molar-refractivity contribution >= 4 is 16.6 Å². The summed E-state index contributed by atoms with van der Waals surface area (Å²) in [4.78, 5) is 23.1. The molecule has 5 nitrogen and oxygen atoms in total. The predicted octanol–water partition coefficient (Wildman–Crippen LogP) is 1.99. The number of pyridine rings is 1. The Balaban J connectivity index is 1.84. The van der Waals surface area contributed by atoms with Crippen LogP contribution in [0.25, 0.3) is 10.9 Å². The van der Waals surface area contributed by atoms with Crippen LogP contribution in [0.15, 0.2) is 16.9 Å². The molecule has 0 saturated carbocycles. The molecule has 6 heteroatoms. The number of alkyl halides is 1. The van der Waals surface area contributed by atoms with Crippen molar-refractivity contribution < 1.29 is 9.23 Å². The highest BCUT2D eigenvalue weighted by Crippen LogP contribution is 2.44. The van der Waals surface area contributed by atoms with E-state index in [1.807, 2.05) is 29.1 Å². The minimum atomic E-state index is -0.369. The Hall–Kier alpha value is -2.08. The zero-order valence-electron chi connectivity index (χ0n) is 12.5. The molecule has 2 aliphatic heterocycles. The van der Waals surface area contributed by atoms with E-state index in [-0.39, 0.29) is 12.2 Å². The minimum Gasteiger partial charge on any atom is -0.379 e. The summed E-state index contributed by atoms with van der Waals surface area (Å²) in [5.74, 6) is 0.788. The summed E-state index contributed by atoms with van der Waals surface area (Å²) in [5.41, 5.74) is 3.53. The first-order chi connectivity index (χ1) is 10.7. The third-order valence-corrected chi connectivity index (χ3v) is 4.37. The summed E-state index contributed by atoms with van der Waals surface area (Å²) in [6.45, 7) is 1.44. The van der Waals surface area contributed by atoms with Crippen LogP contribution < -0.4 is 15.5 Å². The van der Waals surface area contributed by atoms with Crippen molar-refractivity contribution in [3.63, 3.8) is 0 Å². The number of halogens is 1. The van der Waals surface area contributed by atoms with Gasteiger partial charge in [-0.1, -0.05) is 0 Å². The predicted molar refractivity (Wildman–Crippen MR) is 83.2 cm³/mol. The molecule has 0 spiro atoms. The Kier molecular flexibility index (Phi) is 3.07. The second-order valence-corrected chi connectivity index (χ2v) is 6.02. The number of benzene rings is 1. The molecule has 4 rings (SSSR count). The summed E-state index contributed by atoms with van der Waals surface area (Å²) in [6.07, 6.45) is 1.71. The van der Waals surface area contributed by atoms with Crippen molar-refractivity contribution in [1.82, 2.24) is 9.88 Å². The van der Waals surface area contributed by atoms with Gasteiger partial charge in [-0.05, 0) is 37.6 Å². The number of nitrogens with one attached hydrogen (secondary N) is 1. The summed E-state index contributed by atoms with van der Waals surface area (Å²) in [6, 6.07) is 3.96. The monoisotopic (exact) mass is 303 g/mol. The normalized spacial score (nSPS) is 15.7. The van der Waals surface area contributed by atoms with Gasteiger partial charge < -0.3 is 9.82 Å². The quantitative estimate of drug-likeness (QED) is 0.938. The number of nitrogens with zero attached hydrogens (tertiary/aromatic N) is 2. The van der Waals surface area contributed by atoms with Gasteiger partial charge in [-0.3, -0.25) is 9.69 Å². The van der Waals surface area contributed by atoms with Crippen LogP contribution in [0.3, 0.4) is 0 Å². The van der Waals surface area contributed by atoms with Crippen molar-refractivity contribution in [2.45, 2.75) is 19.4 Å². The Morgan fingerprint density at radius 2 is 2.32 bits per heavy atom. The highest BCUT2D eigenvalue weighted by atomic mass is 19.1. The average Bonchev–Trinajstić information content (AvgIpc) is 2.85. The maximum Gasteiger partial charge on any atom is 0.253 e. The van der Waals surface area contributed by atoms with Gasteiger partial charge in [0.25, 0.3) is 5.56 Å².